The van der Waals surface area contributed by atoms with E-state index in [9.17, 15) is 14.0 Å². The van der Waals surface area contributed by atoms with E-state index >= 15 is 0 Å². The highest BCUT2D eigenvalue weighted by Gasteiger charge is 2.18. The van der Waals surface area contributed by atoms with Gasteiger partial charge in [0.05, 0.1) is 5.56 Å². The third-order valence-electron chi connectivity index (χ3n) is 2.27. The highest BCUT2D eigenvalue weighted by atomic mass is 19.1. The van der Waals surface area contributed by atoms with Crippen LogP contribution in [0.15, 0.2) is 18.2 Å². The maximum absolute atomic E-state index is 13.1. The number of nitrogens with one attached hydrogen (secondary N) is 2. The van der Waals surface area contributed by atoms with Crippen LogP contribution in [-0.4, -0.2) is 23.1 Å². The molecule has 1 atom stereocenters. The summed E-state index contributed by atoms with van der Waals surface area (Å²) in [7, 11) is 0. The summed E-state index contributed by atoms with van der Waals surface area (Å²) in [5.74, 6) is 0.146. The van der Waals surface area contributed by atoms with Gasteiger partial charge in [0, 0.05) is 12.1 Å². The molecule has 0 fully saturated rings. The van der Waals surface area contributed by atoms with Crippen molar-refractivity contribution < 1.29 is 19.1 Å². The average Bonchev–Trinajstić information content (AvgIpc) is 2.40. The van der Waals surface area contributed by atoms with Gasteiger partial charge in [0.1, 0.15) is 17.9 Å². The Balaban J connectivity index is 2.74. The maximum Gasteiger partial charge on any atom is 0.327 e. The lowest BCUT2D eigenvalue weighted by atomic mass is 10.2. The highest BCUT2D eigenvalue weighted by molar-refractivity contribution is 5.92. The van der Waals surface area contributed by atoms with E-state index in [2.05, 4.69) is 16.6 Å². The lowest BCUT2D eigenvalue weighted by Gasteiger charge is -2.13. The molecule has 1 aromatic carbocycles. The number of rotatable bonds is 4. The first-order valence-electron chi connectivity index (χ1n) is 5.41. The minimum absolute atomic E-state index is 0.158. The van der Waals surface area contributed by atoms with Crippen molar-refractivity contribution in [2.24, 2.45) is 0 Å². The largest absolute Gasteiger partial charge is 0.480 e. The number of nitrogens with zero attached hydrogens (tertiary/aromatic N) is 1. The lowest BCUT2D eigenvalue weighted by molar-refractivity contribution is -0.139. The molecule has 0 aliphatic rings. The molecule has 1 rings (SSSR count). The Bertz CT molecular complexity index is 616. The van der Waals surface area contributed by atoms with Gasteiger partial charge in [0.2, 0.25) is 0 Å². The van der Waals surface area contributed by atoms with E-state index in [0.717, 1.165) is 12.1 Å². The molecule has 0 radical (unpaired) electrons. The molecular weight excluding hydrogens is 265 g/mol. The minimum Gasteiger partial charge on any atom is -0.480 e. The summed E-state index contributed by atoms with van der Waals surface area (Å²) >= 11 is 0. The zero-order chi connectivity index (χ0) is 15.1. The van der Waals surface area contributed by atoms with Crippen molar-refractivity contribution in [1.82, 2.24) is 5.32 Å². The van der Waals surface area contributed by atoms with Crippen LogP contribution in [0.25, 0.3) is 0 Å². The van der Waals surface area contributed by atoms with Crippen LogP contribution in [-0.2, 0) is 4.79 Å². The summed E-state index contributed by atoms with van der Waals surface area (Å²) in [5.41, 5.74) is -0.0773. The van der Waals surface area contributed by atoms with E-state index in [1.165, 1.54) is 6.07 Å². The number of urea groups is 1. The number of benzene rings is 1. The molecule has 7 heteroatoms. The summed E-state index contributed by atoms with van der Waals surface area (Å²) in [4.78, 5) is 22.3. The number of halogens is 1. The normalized spacial score (nSPS) is 10.8. The molecule has 0 heterocycles. The van der Waals surface area contributed by atoms with E-state index in [0.29, 0.717) is 0 Å². The van der Waals surface area contributed by atoms with E-state index in [-0.39, 0.29) is 17.7 Å². The molecular formula is C13H10FN3O3. The third-order valence-corrected chi connectivity index (χ3v) is 2.27. The van der Waals surface area contributed by atoms with E-state index in [1.54, 1.807) is 6.07 Å². The summed E-state index contributed by atoms with van der Waals surface area (Å²) in [5, 5.41) is 21.9. The Morgan fingerprint density at radius 3 is 2.75 bits per heavy atom. The molecule has 2 amide bonds. The summed E-state index contributed by atoms with van der Waals surface area (Å²) in [6.07, 6.45) is 4.82. The Morgan fingerprint density at radius 1 is 1.50 bits per heavy atom. The molecule has 0 aliphatic carbocycles. The van der Waals surface area contributed by atoms with Crippen molar-refractivity contribution in [2.75, 3.05) is 5.32 Å². The molecule has 0 bridgehead atoms. The molecule has 0 saturated carbocycles. The number of aliphatic carboxylic acids is 1. The number of carboxylic acid groups (broad SMARTS) is 1. The van der Waals surface area contributed by atoms with Gasteiger partial charge in [-0.3, -0.25) is 0 Å². The molecule has 1 aromatic rings. The number of terminal acetylenes is 1. The number of hydrogen-bond acceptors (Lipinski definition) is 3. The molecule has 0 spiro atoms. The smallest absolute Gasteiger partial charge is 0.327 e. The van der Waals surface area contributed by atoms with Crippen molar-refractivity contribution in [2.45, 2.75) is 12.5 Å². The van der Waals surface area contributed by atoms with Crippen molar-refractivity contribution >= 4 is 17.7 Å². The fourth-order valence-corrected chi connectivity index (χ4v) is 1.33. The van der Waals surface area contributed by atoms with E-state index in [1.807, 2.05) is 0 Å². The zero-order valence-electron chi connectivity index (χ0n) is 10.2. The van der Waals surface area contributed by atoms with Crippen LogP contribution in [0.3, 0.4) is 0 Å². The average molecular weight is 275 g/mol. The Morgan fingerprint density at radius 2 is 2.20 bits per heavy atom. The Kier molecular flexibility index (Phi) is 5.07. The van der Waals surface area contributed by atoms with Gasteiger partial charge in [-0.1, -0.05) is 0 Å². The summed E-state index contributed by atoms with van der Waals surface area (Å²) in [6.45, 7) is 0. The van der Waals surface area contributed by atoms with Crippen molar-refractivity contribution in [1.29, 1.82) is 5.26 Å². The number of amides is 2. The second-order valence-corrected chi connectivity index (χ2v) is 3.70. The number of anilines is 1. The van der Waals surface area contributed by atoms with Crippen molar-refractivity contribution in [3.8, 4) is 18.4 Å². The zero-order valence-corrected chi connectivity index (χ0v) is 10.2. The standard InChI is InChI=1S/C13H10FN3O3/c1-2-3-11(12(18)19)17-13(20)16-9-4-5-10(14)8(6-9)7-15/h1,4-6,11H,3H2,(H,18,19)(H2,16,17,20). The van der Waals surface area contributed by atoms with Crippen molar-refractivity contribution in [3.05, 3.63) is 29.6 Å². The third kappa shape index (κ3) is 4.00. The predicted octanol–water partition coefficient (Wildman–Crippen LogP) is 1.30. The van der Waals surface area contributed by atoms with Gasteiger partial charge >= 0.3 is 12.0 Å². The lowest BCUT2D eigenvalue weighted by Crippen LogP contribution is -2.42. The second-order valence-electron chi connectivity index (χ2n) is 3.70. The topological polar surface area (TPSA) is 102 Å². The van der Waals surface area contributed by atoms with Crippen LogP contribution in [0.5, 0.6) is 0 Å². The Hall–Kier alpha value is -3.06. The monoisotopic (exact) mass is 275 g/mol. The van der Waals surface area contributed by atoms with E-state index < -0.39 is 23.9 Å². The number of hydrogen-bond donors (Lipinski definition) is 3. The first-order valence-corrected chi connectivity index (χ1v) is 5.41. The second kappa shape index (κ2) is 6.76. The quantitative estimate of drug-likeness (QED) is 0.720. The van der Waals surface area contributed by atoms with Gasteiger partial charge < -0.3 is 15.7 Å². The summed E-state index contributed by atoms with van der Waals surface area (Å²) < 4.78 is 13.1. The van der Waals surface area contributed by atoms with Gasteiger partial charge in [-0.15, -0.1) is 12.3 Å². The fourth-order valence-electron chi connectivity index (χ4n) is 1.33. The van der Waals surface area contributed by atoms with Crippen molar-refractivity contribution in [3.63, 3.8) is 0 Å². The van der Waals surface area contributed by atoms with E-state index in [4.69, 9.17) is 16.8 Å². The number of carbonyl (C=O) groups is 2. The van der Waals surface area contributed by atoms with Crippen LogP contribution < -0.4 is 10.6 Å². The molecule has 0 saturated heterocycles. The van der Waals surface area contributed by atoms with Gasteiger partial charge in [0.15, 0.2) is 0 Å². The van der Waals surface area contributed by atoms with Crippen LogP contribution in [0.1, 0.15) is 12.0 Å². The molecule has 20 heavy (non-hydrogen) atoms. The van der Waals surface area contributed by atoms with Crippen LogP contribution in [0, 0.1) is 29.5 Å². The fraction of sp³-hybridized carbons (Fsp3) is 0.154. The maximum atomic E-state index is 13.1. The Labute approximate surface area is 114 Å². The molecule has 102 valence electrons. The van der Waals surface area contributed by atoms with Gasteiger partial charge in [-0.25, -0.2) is 14.0 Å². The first kappa shape index (κ1) is 15.0. The SMILES string of the molecule is C#CCC(NC(=O)Nc1ccc(F)c(C#N)c1)C(=O)O. The number of carbonyl (C=O) groups excluding carboxylic acids is 1. The van der Waals surface area contributed by atoms with Crippen LogP contribution in [0.2, 0.25) is 0 Å². The molecule has 0 aromatic heterocycles. The van der Waals surface area contributed by atoms with Crippen LogP contribution in [0.4, 0.5) is 14.9 Å². The predicted molar refractivity (Wildman–Crippen MR) is 68.1 cm³/mol. The molecule has 0 aliphatic heterocycles. The molecule has 3 N–H and O–H groups in total. The molecule has 1 unspecified atom stereocenters. The van der Waals surface area contributed by atoms with Gasteiger partial charge in [0.25, 0.3) is 0 Å². The summed E-state index contributed by atoms with van der Waals surface area (Å²) in [6, 6.07) is 2.97. The van der Waals surface area contributed by atoms with Gasteiger partial charge in [-0.2, -0.15) is 5.26 Å². The number of carboxylic acids is 1. The first-order chi connectivity index (χ1) is 9.47. The molecule has 6 nitrogen and oxygen atoms in total. The van der Waals surface area contributed by atoms with Gasteiger partial charge in [-0.05, 0) is 18.2 Å². The number of nitriles is 1. The minimum atomic E-state index is -1.27. The highest BCUT2D eigenvalue weighted by Crippen LogP contribution is 2.13. The van der Waals surface area contributed by atoms with Crippen LogP contribution >= 0.6 is 0 Å².